The molecule has 1 amide bonds. The molecule has 0 fully saturated rings. The van der Waals surface area contributed by atoms with Gasteiger partial charge in [-0.15, -0.1) is 12.4 Å². The molecule has 1 aromatic carbocycles. The third-order valence-corrected chi connectivity index (χ3v) is 1.77. The number of nitrogen functional groups attached to an aromatic ring is 2. The lowest BCUT2D eigenvalue weighted by Gasteiger charge is -2.01. The van der Waals surface area contributed by atoms with Crippen molar-refractivity contribution >= 4 is 35.8 Å². The van der Waals surface area contributed by atoms with Crippen molar-refractivity contribution in [1.82, 2.24) is 5.32 Å². The van der Waals surface area contributed by atoms with Crippen LogP contribution in [0.15, 0.2) is 24.3 Å². The van der Waals surface area contributed by atoms with E-state index in [0.717, 1.165) is 5.56 Å². The molecule has 0 bridgehead atoms. The SMILES string of the molecule is CNC(=O)C=Cc1cc(N)ccc1N.Cl. The summed E-state index contributed by atoms with van der Waals surface area (Å²) in [6.45, 7) is 0. The molecule has 0 heterocycles. The van der Waals surface area contributed by atoms with Crippen LogP contribution in [-0.2, 0) is 4.79 Å². The summed E-state index contributed by atoms with van der Waals surface area (Å²) in [6, 6.07) is 5.14. The number of benzene rings is 1. The molecular formula is C10H14ClN3O. The smallest absolute Gasteiger partial charge is 0.243 e. The van der Waals surface area contributed by atoms with Crippen LogP contribution in [0.2, 0.25) is 0 Å². The maximum Gasteiger partial charge on any atom is 0.243 e. The second kappa shape index (κ2) is 5.93. The number of nitrogens with two attached hydrogens (primary N) is 2. The van der Waals surface area contributed by atoms with Gasteiger partial charge in [-0.25, -0.2) is 0 Å². The Labute approximate surface area is 94.7 Å². The van der Waals surface area contributed by atoms with Gasteiger partial charge in [-0.2, -0.15) is 0 Å². The van der Waals surface area contributed by atoms with E-state index in [9.17, 15) is 4.79 Å². The predicted molar refractivity (Wildman–Crippen MR) is 65.6 cm³/mol. The Morgan fingerprint density at radius 1 is 1.40 bits per heavy atom. The molecule has 15 heavy (non-hydrogen) atoms. The molecular weight excluding hydrogens is 214 g/mol. The molecule has 82 valence electrons. The first kappa shape index (κ1) is 13.3. The van der Waals surface area contributed by atoms with Gasteiger partial charge in [-0.3, -0.25) is 4.79 Å². The van der Waals surface area contributed by atoms with Gasteiger partial charge in [0.1, 0.15) is 0 Å². The summed E-state index contributed by atoms with van der Waals surface area (Å²) < 4.78 is 0. The Morgan fingerprint density at radius 2 is 2.07 bits per heavy atom. The van der Waals surface area contributed by atoms with Crippen molar-refractivity contribution in [3.05, 3.63) is 29.8 Å². The number of carbonyl (C=O) groups is 1. The summed E-state index contributed by atoms with van der Waals surface area (Å²) in [5.74, 6) is -0.174. The summed E-state index contributed by atoms with van der Waals surface area (Å²) in [7, 11) is 1.56. The minimum Gasteiger partial charge on any atom is -0.399 e. The number of carbonyl (C=O) groups excluding carboxylic acids is 1. The van der Waals surface area contributed by atoms with Crippen LogP contribution >= 0.6 is 12.4 Å². The van der Waals surface area contributed by atoms with E-state index in [-0.39, 0.29) is 18.3 Å². The van der Waals surface area contributed by atoms with Gasteiger partial charge >= 0.3 is 0 Å². The molecule has 5 N–H and O–H groups in total. The fraction of sp³-hybridized carbons (Fsp3) is 0.100. The van der Waals surface area contributed by atoms with E-state index in [1.54, 1.807) is 31.3 Å². The van der Waals surface area contributed by atoms with Crippen LogP contribution < -0.4 is 16.8 Å². The van der Waals surface area contributed by atoms with Crippen molar-refractivity contribution in [3.8, 4) is 0 Å². The van der Waals surface area contributed by atoms with Crippen LogP contribution in [0.4, 0.5) is 11.4 Å². The minimum absolute atomic E-state index is 0. The fourth-order valence-corrected chi connectivity index (χ4v) is 0.986. The lowest BCUT2D eigenvalue weighted by Crippen LogP contribution is -2.13. The monoisotopic (exact) mass is 227 g/mol. The largest absolute Gasteiger partial charge is 0.399 e. The number of hydrogen-bond donors (Lipinski definition) is 3. The zero-order valence-corrected chi connectivity index (χ0v) is 9.17. The summed E-state index contributed by atoms with van der Waals surface area (Å²) in [5, 5.41) is 2.47. The molecule has 4 nitrogen and oxygen atoms in total. The van der Waals surface area contributed by atoms with Crippen LogP contribution in [0.1, 0.15) is 5.56 Å². The minimum atomic E-state index is -0.174. The van der Waals surface area contributed by atoms with Crippen molar-refractivity contribution in [3.63, 3.8) is 0 Å². The molecule has 5 heteroatoms. The number of amides is 1. The molecule has 1 aromatic rings. The Morgan fingerprint density at radius 3 is 2.67 bits per heavy atom. The van der Waals surface area contributed by atoms with E-state index in [4.69, 9.17) is 11.5 Å². The average molecular weight is 228 g/mol. The predicted octanol–water partition coefficient (Wildman–Crippen LogP) is 1.03. The van der Waals surface area contributed by atoms with Gasteiger partial charge in [0.25, 0.3) is 0 Å². The van der Waals surface area contributed by atoms with Gasteiger partial charge in [0.2, 0.25) is 5.91 Å². The van der Waals surface area contributed by atoms with Gasteiger partial charge in [-0.05, 0) is 29.8 Å². The number of likely N-dealkylation sites (N-methyl/N-ethyl adjacent to an activating group) is 1. The highest BCUT2D eigenvalue weighted by molar-refractivity contribution is 5.92. The number of halogens is 1. The quantitative estimate of drug-likeness (QED) is 0.522. The van der Waals surface area contributed by atoms with E-state index >= 15 is 0 Å². The topological polar surface area (TPSA) is 81.1 Å². The van der Waals surface area contributed by atoms with Gasteiger partial charge < -0.3 is 16.8 Å². The van der Waals surface area contributed by atoms with E-state index in [1.165, 1.54) is 6.08 Å². The van der Waals surface area contributed by atoms with E-state index in [0.29, 0.717) is 11.4 Å². The normalized spacial score (nSPS) is 9.67. The molecule has 0 saturated carbocycles. The van der Waals surface area contributed by atoms with Crippen molar-refractivity contribution in [2.24, 2.45) is 0 Å². The molecule has 0 atom stereocenters. The van der Waals surface area contributed by atoms with Crippen LogP contribution in [0.5, 0.6) is 0 Å². The number of anilines is 2. The average Bonchev–Trinajstić information content (AvgIpc) is 2.19. The Hall–Kier alpha value is -1.68. The zero-order valence-electron chi connectivity index (χ0n) is 8.36. The molecule has 0 aliphatic heterocycles. The molecule has 0 radical (unpaired) electrons. The standard InChI is InChI=1S/C10H13N3O.ClH/c1-13-10(14)5-2-7-6-8(11)3-4-9(7)12;/h2-6H,11-12H2,1H3,(H,13,14);1H. The van der Waals surface area contributed by atoms with Gasteiger partial charge in [-0.1, -0.05) is 0 Å². The molecule has 0 unspecified atom stereocenters. The van der Waals surface area contributed by atoms with Gasteiger partial charge in [0.15, 0.2) is 0 Å². The van der Waals surface area contributed by atoms with E-state index in [2.05, 4.69) is 5.32 Å². The van der Waals surface area contributed by atoms with Gasteiger partial charge in [0, 0.05) is 24.5 Å². The third kappa shape index (κ3) is 3.91. The van der Waals surface area contributed by atoms with Crippen LogP contribution in [0.25, 0.3) is 6.08 Å². The third-order valence-electron chi connectivity index (χ3n) is 1.77. The van der Waals surface area contributed by atoms with Crippen LogP contribution in [0, 0.1) is 0 Å². The molecule has 1 rings (SSSR count). The van der Waals surface area contributed by atoms with Crippen LogP contribution in [-0.4, -0.2) is 13.0 Å². The maximum atomic E-state index is 10.9. The molecule has 0 aromatic heterocycles. The molecule has 0 spiro atoms. The molecule has 0 aliphatic rings. The number of rotatable bonds is 2. The Bertz CT molecular complexity index is 377. The van der Waals surface area contributed by atoms with Crippen molar-refractivity contribution in [1.29, 1.82) is 0 Å². The van der Waals surface area contributed by atoms with Crippen molar-refractivity contribution in [2.75, 3.05) is 18.5 Å². The number of nitrogens with one attached hydrogen (secondary N) is 1. The highest BCUT2D eigenvalue weighted by atomic mass is 35.5. The second-order valence-corrected chi connectivity index (χ2v) is 2.84. The fourth-order valence-electron chi connectivity index (χ4n) is 0.986. The second-order valence-electron chi connectivity index (χ2n) is 2.84. The van der Waals surface area contributed by atoms with Crippen molar-refractivity contribution in [2.45, 2.75) is 0 Å². The first-order valence-corrected chi connectivity index (χ1v) is 4.18. The summed E-state index contributed by atoms with van der Waals surface area (Å²) in [4.78, 5) is 10.9. The maximum absolute atomic E-state index is 10.9. The molecule has 0 saturated heterocycles. The molecule has 0 aliphatic carbocycles. The number of hydrogen-bond acceptors (Lipinski definition) is 3. The summed E-state index contributed by atoms with van der Waals surface area (Å²) in [6.07, 6.45) is 3.04. The van der Waals surface area contributed by atoms with Crippen molar-refractivity contribution < 1.29 is 4.79 Å². The highest BCUT2D eigenvalue weighted by Gasteiger charge is 1.96. The zero-order chi connectivity index (χ0) is 10.6. The lowest BCUT2D eigenvalue weighted by molar-refractivity contribution is -0.115. The Balaban J connectivity index is 0.00000196. The summed E-state index contributed by atoms with van der Waals surface area (Å²) >= 11 is 0. The summed E-state index contributed by atoms with van der Waals surface area (Å²) in [5.41, 5.74) is 13.2. The highest BCUT2D eigenvalue weighted by Crippen LogP contribution is 2.16. The van der Waals surface area contributed by atoms with Crippen LogP contribution in [0.3, 0.4) is 0 Å². The van der Waals surface area contributed by atoms with E-state index in [1.807, 2.05) is 0 Å². The Kier molecular flexibility index (Phi) is 5.26. The first-order valence-electron chi connectivity index (χ1n) is 4.18. The first-order chi connectivity index (χ1) is 6.63. The van der Waals surface area contributed by atoms with Gasteiger partial charge in [0.05, 0.1) is 0 Å². The van der Waals surface area contributed by atoms with E-state index < -0.39 is 0 Å². The lowest BCUT2D eigenvalue weighted by atomic mass is 10.1.